The number of aromatic amines is 1. The van der Waals surface area contributed by atoms with Crippen LogP contribution in [0, 0.1) is 15.5 Å². The molecule has 1 unspecified atom stereocenters. The van der Waals surface area contributed by atoms with Crippen molar-refractivity contribution in [2.45, 2.75) is 70.0 Å². The molecular formula is C57H56ClN13O10S. The minimum atomic E-state index is -4.71. The van der Waals surface area contributed by atoms with Crippen molar-refractivity contribution in [1.29, 1.82) is 0 Å². The molecule has 23 nitrogen and oxygen atoms in total. The van der Waals surface area contributed by atoms with Crippen LogP contribution in [0.5, 0.6) is 11.5 Å². The van der Waals surface area contributed by atoms with Gasteiger partial charge in [0.1, 0.15) is 34.6 Å². The molecule has 0 radical (unpaired) electrons. The number of sulfonamides is 1. The Morgan fingerprint density at radius 1 is 0.927 bits per heavy atom. The Morgan fingerprint density at radius 3 is 2.51 bits per heavy atom. The summed E-state index contributed by atoms with van der Waals surface area (Å²) in [7, 11) is -4.71. The van der Waals surface area contributed by atoms with Crippen molar-refractivity contribution in [3.63, 3.8) is 0 Å². The van der Waals surface area contributed by atoms with Crippen LogP contribution in [0.25, 0.3) is 16.6 Å². The maximum absolute atomic E-state index is 14.1. The molecule has 0 bridgehead atoms. The Bertz CT molecular complexity index is 3870. The third-order valence-electron chi connectivity index (χ3n) is 15.2. The highest BCUT2D eigenvalue weighted by atomic mass is 35.5. The topological polar surface area (TPSA) is 289 Å². The number of hydrogen-bond acceptors (Lipinski definition) is 17. The number of imide groups is 2. The Hall–Kier alpha value is -9.00. The molecule has 3 aromatic heterocycles. The summed E-state index contributed by atoms with van der Waals surface area (Å²) in [5, 5.41) is 30.4. The number of pyridine rings is 1. The highest BCUT2D eigenvalue weighted by Gasteiger charge is 2.45. The maximum atomic E-state index is 14.1. The van der Waals surface area contributed by atoms with E-state index in [1.165, 1.54) is 45.8 Å². The van der Waals surface area contributed by atoms with Gasteiger partial charge in [-0.2, -0.15) is 0 Å². The number of carbonyl (C=O) groups is 5. The van der Waals surface area contributed by atoms with Crippen molar-refractivity contribution in [3.05, 3.63) is 158 Å². The first-order chi connectivity index (χ1) is 39.4. The van der Waals surface area contributed by atoms with Crippen LogP contribution in [0.1, 0.15) is 88.3 Å². The lowest BCUT2D eigenvalue weighted by Gasteiger charge is -2.39. The molecule has 25 heteroatoms. The molecule has 11 rings (SSSR count). The SMILES string of the molecule is CC1(C)CCC(CN2CCN(c3ccc(C(=O)NS(=O)(=O)c4ccc(NCc5cn(CCNc6cccc7c6C(=O)N(C6CCC(=O)NC6=O)C7=O)nn5)c([N+](=O)[O-])c4)c(Oc4cnc5[nH]ccc5c4)c3)CC2)=C(c2ccc(Cl)cc2)C1. The zero-order chi connectivity index (χ0) is 57.5. The van der Waals surface area contributed by atoms with Gasteiger partial charge in [-0.3, -0.25) is 53.9 Å². The van der Waals surface area contributed by atoms with E-state index < -0.39 is 61.1 Å². The average Bonchev–Trinajstić information content (AvgIpc) is 4.35. The first-order valence-electron chi connectivity index (χ1n) is 26.6. The van der Waals surface area contributed by atoms with E-state index in [2.05, 4.69) is 76.7 Å². The fourth-order valence-corrected chi connectivity index (χ4v) is 12.0. The normalized spacial score (nSPS) is 17.5. The van der Waals surface area contributed by atoms with Gasteiger partial charge >= 0.3 is 0 Å². The largest absolute Gasteiger partial charge is 0.455 e. The second kappa shape index (κ2) is 22.5. The number of nitrogens with one attached hydrogen (secondary N) is 5. The quantitative estimate of drug-likeness (QED) is 0.0315. The first-order valence-corrected chi connectivity index (χ1v) is 28.5. The van der Waals surface area contributed by atoms with Crippen LogP contribution in [-0.4, -0.2) is 123 Å². The number of anilines is 3. The lowest BCUT2D eigenvalue weighted by Crippen LogP contribution is -2.54. The van der Waals surface area contributed by atoms with Gasteiger partial charge in [0.05, 0.1) is 52.0 Å². The average molecular weight is 1150 g/mol. The van der Waals surface area contributed by atoms with E-state index in [0.717, 1.165) is 67.0 Å². The summed E-state index contributed by atoms with van der Waals surface area (Å²) in [5.41, 5.74) is 5.83. The lowest BCUT2D eigenvalue weighted by atomic mass is 9.72. The molecule has 4 aliphatic rings. The molecule has 6 heterocycles. The minimum absolute atomic E-state index is 0.00589. The number of nitro groups is 1. The van der Waals surface area contributed by atoms with E-state index in [4.69, 9.17) is 16.3 Å². The van der Waals surface area contributed by atoms with Gasteiger partial charge in [-0.25, -0.2) is 18.1 Å². The van der Waals surface area contributed by atoms with Crippen molar-refractivity contribution >= 4 is 90.5 Å². The Balaban J connectivity index is 0.738. The van der Waals surface area contributed by atoms with Crippen molar-refractivity contribution in [2.24, 2.45) is 5.41 Å². The van der Waals surface area contributed by atoms with E-state index in [1.807, 2.05) is 18.2 Å². The summed E-state index contributed by atoms with van der Waals surface area (Å²) in [4.78, 5) is 89.2. The number of aromatic nitrogens is 5. The van der Waals surface area contributed by atoms with Crippen LogP contribution in [0.4, 0.5) is 22.7 Å². The third-order valence-corrected chi connectivity index (χ3v) is 16.8. The Morgan fingerprint density at radius 2 is 1.73 bits per heavy atom. The van der Waals surface area contributed by atoms with Crippen molar-refractivity contribution in [2.75, 3.05) is 54.8 Å². The maximum Gasteiger partial charge on any atom is 0.293 e. The van der Waals surface area contributed by atoms with Gasteiger partial charge in [0.25, 0.3) is 33.4 Å². The number of halogens is 1. The predicted molar refractivity (Wildman–Crippen MR) is 304 cm³/mol. The van der Waals surface area contributed by atoms with E-state index in [9.17, 15) is 42.5 Å². The smallest absolute Gasteiger partial charge is 0.293 e. The molecular weight excluding hydrogens is 1090 g/mol. The third kappa shape index (κ3) is 11.6. The molecule has 5 N–H and O–H groups in total. The van der Waals surface area contributed by atoms with Crippen LogP contribution in [0.2, 0.25) is 5.02 Å². The summed E-state index contributed by atoms with van der Waals surface area (Å²) in [5.74, 6) is -3.13. The van der Waals surface area contributed by atoms with E-state index >= 15 is 0 Å². The zero-order valence-corrected chi connectivity index (χ0v) is 46.2. The highest BCUT2D eigenvalue weighted by molar-refractivity contribution is 7.90. The second-order valence-electron chi connectivity index (χ2n) is 21.4. The van der Waals surface area contributed by atoms with Crippen LogP contribution in [-0.2, 0) is 32.7 Å². The summed E-state index contributed by atoms with van der Waals surface area (Å²) in [6.07, 6.45) is 7.93. The molecule has 422 valence electrons. The summed E-state index contributed by atoms with van der Waals surface area (Å²) >= 11 is 6.26. The molecule has 7 aromatic rings. The van der Waals surface area contributed by atoms with Crippen LogP contribution >= 0.6 is 11.6 Å². The number of amides is 5. The molecule has 2 fully saturated rings. The predicted octanol–water partition coefficient (Wildman–Crippen LogP) is 7.54. The number of allylic oxidation sites excluding steroid dienone is 1. The van der Waals surface area contributed by atoms with Crippen LogP contribution < -0.4 is 30.3 Å². The van der Waals surface area contributed by atoms with Crippen LogP contribution in [0.15, 0.2) is 120 Å². The molecule has 1 atom stereocenters. The van der Waals surface area contributed by atoms with Gasteiger partial charge in [-0.1, -0.05) is 54.4 Å². The summed E-state index contributed by atoms with van der Waals surface area (Å²) in [6, 6.07) is 23.4. The highest BCUT2D eigenvalue weighted by Crippen LogP contribution is 2.44. The number of piperidine rings is 1. The van der Waals surface area contributed by atoms with E-state index in [1.54, 1.807) is 42.7 Å². The number of benzene rings is 4. The molecule has 5 amide bonds. The number of fused-ring (bicyclic) bond motifs is 2. The molecule has 0 spiro atoms. The Kier molecular flexibility index (Phi) is 15.1. The number of nitrogens with zero attached hydrogens (tertiary/aromatic N) is 8. The van der Waals surface area contributed by atoms with Crippen molar-refractivity contribution < 1.29 is 42.1 Å². The van der Waals surface area contributed by atoms with Crippen LogP contribution in [0.3, 0.4) is 0 Å². The molecule has 82 heavy (non-hydrogen) atoms. The number of hydrogen-bond donors (Lipinski definition) is 5. The van der Waals surface area contributed by atoms with E-state index in [-0.39, 0.29) is 66.0 Å². The number of rotatable bonds is 18. The fourth-order valence-electron chi connectivity index (χ4n) is 10.9. The Labute approximate surface area is 475 Å². The fraction of sp³-hybridized carbons (Fsp3) is 0.298. The summed E-state index contributed by atoms with van der Waals surface area (Å²) < 4.78 is 37.8. The van der Waals surface area contributed by atoms with Gasteiger partial charge in [-0.15, -0.1) is 5.10 Å². The molecule has 3 aliphatic heterocycles. The number of H-pyrrole nitrogens is 1. The minimum Gasteiger partial charge on any atom is -0.455 e. The first kappa shape index (κ1) is 54.9. The number of nitro benzene ring substituents is 1. The summed E-state index contributed by atoms with van der Waals surface area (Å²) in [6.45, 7) is 8.79. The van der Waals surface area contributed by atoms with Gasteiger partial charge in [-0.05, 0) is 103 Å². The molecule has 2 saturated heterocycles. The molecule has 4 aromatic carbocycles. The van der Waals surface area contributed by atoms with Gasteiger partial charge < -0.3 is 25.3 Å². The molecule has 0 saturated carbocycles. The van der Waals surface area contributed by atoms with Gasteiger partial charge in [0.15, 0.2) is 0 Å². The number of ether oxygens (including phenoxy) is 1. The number of carbonyl (C=O) groups excluding carboxylic acids is 5. The second-order valence-corrected chi connectivity index (χ2v) is 23.5. The van der Waals surface area contributed by atoms with Crippen molar-refractivity contribution in [3.8, 4) is 11.5 Å². The lowest BCUT2D eigenvalue weighted by molar-refractivity contribution is -0.384. The molecule has 1 aliphatic carbocycles. The van der Waals surface area contributed by atoms with Gasteiger partial charge in [0.2, 0.25) is 11.8 Å². The van der Waals surface area contributed by atoms with Gasteiger partial charge in [0, 0.05) is 85.8 Å². The monoisotopic (exact) mass is 1150 g/mol. The standard InChI is InChI=1S/C57H56ClN13O10S/c1-57(2)18-16-36(44(29-57)34-6-8-37(58)9-7-34)32-67-22-24-68(25-23-67)39-10-12-42(49(27-39)81-40-26-35-17-19-60-52(35)62-31-40)53(73)65-82(79,80)41-11-13-45(48(28-41)71(77)78)61-30-38-33-69(66-64-38)21-20-59-46-5-3-4-43-51(46)56(76)70(55(43)75)47-14-15-50(72)63-54(47)74/h3-13,17,19,26-28,31,33,47,59,61H,14-16,18,20-25,29-30,32H2,1-2H3,(H,60,62)(H,65,73)(H,63,72,74). The van der Waals surface area contributed by atoms with E-state index in [0.29, 0.717) is 40.9 Å². The number of piperazine rings is 1. The zero-order valence-electron chi connectivity index (χ0n) is 44.6. The van der Waals surface area contributed by atoms with Crippen molar-refractivity contribution in [1.82, 2.24) is 44.8 Å².